The largest absolute Gasteiger partial charge is 0.457 e. The molecule has 1 saturated heterocycles. The Hall–Kier alpha value is -3.81. The average Bonchev–Trinajstić information content (AvgIpc) is 3.28. The van der Waals surface area contributed by atoms with Gasteiger partial charge in [-0.2, -0.15) is 5.10 Å². The molecule has 0 bridgehead atoms. The summed E-state index contributed by atoms with van der Waals surface area (Å²) in [5.41, 5.74) is 1.53. The van der Waals surface area contributed by atoms with Crippen LogP contribution in [0.15, 0.2) is 54.6 Å². The number of amides is 1. The van der Waals surface area contributed by atoms with Crippen molar-refractivity contribution < 1.29 is 19.0 Å². The number of benzene rings is 2. The summed E-state index contributed by atoms with van der Waals surface area (Å²) in [6, 6.07) is 16.5. The third-order valence-electron chi connectivity index (χ3n) is 5.36. The van der Waals surface area contributed by atoms with Crippen LogP contribution in [0.3, 0.4) is 0 Å². The van der Waals surface area contributed by atoms with Gasteiger partial charge in [0.1, 0.15) is 11.5 Å². The molecule has 2 aliphatic heterocycles. The maximum absolute atomic E-state index is 12.9. The summed E-state index contributed by atoms with van der Waals surface area (Å²) in [6.45, 7) is 4.89. The van der Waals surface area contributed by atoms with Crippen molar-refractivity contribution in [3.8, 4) is 23.0 Å². The molecule has 158 valence electrons. The first-order chi connectivity index (χ1) is 15.2. The molecule has 1 aromatic heterocycles. The monoisotopic (exact) mass is 418 g/mol. The zero-order valence-corrected chi connectivity index (χ0v) is 17.2. The number of anilines is 1. The Morgan fingerprint density at radius 3 is 2.35 bits per heavy atom. The summed E-state index contributed by atoms with van der Waals surface area (Å²) >= 11 is 0. The van der Waals surface area contributed by atoms with Gasteiger partial charge in [0.25, 0.3) is 5.91 Å². The van der Waals surface area contributed by atoms with Crippen molar-refractivity contribution in [2.45, 2.75) is 6.92 Å². The molecule has 0 atom stereocenters. The molecule has 1 fully saturated rings. The number of rotatable bonds is 4. The first kappa shape index (κ1) is 19.2. The highest BCUT2D eigenvalue weighted by atomic mass is 16.7. The Morgan fingerprint density at radius 2 is 1.61 bits per heavy atom. The van der Waals surface area contributed by atoms with Gasteiger partial charge in [-0.15, -0.1) is 5.10 Å². The van der Waals surface area contributed by atoms with Gasteiger partial charge in [0, 0.05) is 37.8 Å². The van der Waals surface area contributed by atoms with E-state index in [4.69, 9.17) is 14.2 Å². The van der Waals surface area contributed by atoms with E-state index >= 15 is 0 Å². The van der Waals surface area contributed by atoms with Crippen LogP contribution in [0.1, 0.15) is 16.1 Å². The summed E-state index contributed by atoms with van der Waals surface area (Å²) in [4.78, 5) is 16.9. The molecule has 3 aromatic rings. The fraction of sp³-hybridized carbons (Fsp3) is 0.261. The lowest BCUT2D eigenvalue weighted by molar-refractivity contribution is 0.0746. The van der Waals surface area contributed by atoms with Gasteiger partial charge in [0.2, 0.25) is 6.79 Å². The molecule has 8 heteroatoms. The number of aromatic nitrogens is 2. The van der Waals surface area contributed by atoms with Crippen LogP contribution in [0.5, 0.6) is 23.0 Å². The summed E-state index contributed by atoms with van der Waals surface area (Å²) in [5.74, 6) is 3.55. The molecule has 0 unspecified atom stereocenters. The summed E-state index contributed by atoms with van der Waals surface area (Å²) < 4.78 is 16.6. The van der Waals surface area contributed by atoms with E-state index in [2.05, 4.69) is 15.1 Å². The summed E-state index contributed by atoms with van der Waals surface area (Å²) in [6.07, 6.45) is 0. The second kappa shape index (κ2) is 8.14. The van der Waals surface area contributed by atoms with E-state index < -0.39 is 0 Å². The molecule has 0 aliphatic carbocycles. The highest BCUT2D eigenvalue weighted by molar-refractivity contribution is 5.94. The van der Waals surface area contributed by atoms with Crippen LogP contribution >= 0.6 is 0 Å². The number of carbonyl (C=O) groups is 1. The van der Waals surface area contributed by atoms with Crippen LogP contribution in [-0.2, 0) is 0 Å². The fourth-order valence-corrected chi connectivity index (χ4v) is 3.62. The van der Waals surface area contributed by atoms with Gasteiger partial charge in [-0.3, -0.25) is 4.79 Å². The molecule has 0 spiro atoms. The predicted octanol–water partition coefficient (Wildman–Crippen LogP) is 3.27. The Balaban J connectivity index is 1.19. The van der Waals surface area contributed by atoms with E-state index in [0.29, 0.717) is 41.7 Å². The Morgan fingerprint density at radius 1 is 0.871 bits per heavy atom. The quantitative estimate of drug-likeness (QED) is 0.644. The van der Waals surface area contributed by atoms with Crippen molar-refractivity contribution in [3.05, 3.63) is 65.9 Å². The molecule has 2 aromatic carbocycles. The van der Waals surface area contributed by atoms with Gasteiger partial charge in [-0.1, -0.05) is 0 Å². The first-order valence-corrected chi connectivity index (χ1v) is 10.2. The number of hydrogen-bond donors (Lipinski definition) is 0. The topological polar surface area (TPSA) is 77.0 Å². The normalized spacial score (nSPS) is 15.1. The van der Waals surface area contributed by atoms with Crippen LogP contribution in [0, 0.1) is 6.92 Å². The highest BCUT2D eigenvalue weighted by Gasteiger charge is 2.23. The maximum Gasteiger partial charge on any atom is 0.253 e. The van der Waals surface area contributed by atoms with Crippen molar-refractivity contribution in [2.24, 2.45) is 0 Å². The van der Waals surface area contributed by atoms with Crippen molar-refractivity contribution in [2.75, 3.05) is 37.9 Å². The number of ether oxygens (including phenoxy) is 3. The molecule has 2 aliphatic rings. The molecular formula is C23H22N4O4. The Kier molecular flexibility index (Phi) is 5.03. The summed E-state index contributed by atoms with van der Waals surface area (Å²) in [7, 11) is 0. The number of piperazine rings is 1. The standard InChI is InChI=1S/C23H22N4O4/c1-16-2-9-22(25-24-16)26-10-12-27(13-11-26)23(28)17-3-5-18(6-4-17)31-19-7-8-20-21(14-19)30-15-29-20/h2-9,14H,10-13,15H2,1H3. The number of nitrogens with zero attached hydrogens (tertiary/aromatic N) is 4. The van der Waals surface area contributed by atoms with E-state index in [9.17, 15) is 4.79 Å². The lowest BCUT2D eigenvalue weighted by atomic mass is 10.1. The van der Waals surface area contributed by atoms with Crippen molar-refractivity contribution >= 4 is 11.7 Å². The average molecular weight is 418 g/mol. The van der Waals surface area contributed by atoms with Crippen molar-refractivity contribution in [3.63, 3.8) is 0 Å². The molecule has 1 amide bonds. The van der Waals surface area contributed by atoms with Crippen LogP contribution in [-0.4, -0.2) is 54.0 Å². The van der Waals surface area contributed by atoms with Gasteiger partial charge in [0.15, 0.2) is 17.3 Å². The van der Waals surface area contributed by atoms with E-state index in [1.54, 1.807) is 30.3 Å². The van der Waals surface area contributed by atoms with Crippen molar-refractivity contribution in [1.29, 1.82) is 0 Å². The third kappa shape index (κ3) is 4.09. The number of hydrogen-bond acceptors (Lipinski definition) is 7. The van der Waals surface area contributed by atoms with Gasteiger partial charge in [-0.05, 0) is 55.5 Å². The third-order valence-corrected chi connectivity index (χ3v) is 5.36. The number of aryl methyl sites for hydroxylation is 1. The van der Waals surface area contributed by atoms with Crippen molar-refractivity contribution in [1.82, 2.24) is 15.1 Å². The minimum absolute atomic E-state index is 0.0178. The van der Waals surface area contributed by atoms with Crippen LogP contribution in [0.25, 0.3) is 0 Å². The molecule has 3 heterocycles. The fourth-order valence-electron chi connectivity index (χ4n) is 3.62. The second-order valence-electron chi connectivity index (χ2n) is 7.45. The Labute approximate surface area is 180 Å². The number of carbonyl (C=O) groups excluding carboxylic acids is 1. The predicted molar refractivity (Wildman–Crippen MR) is 114 cm³/mol. The lowest BCUT2D eigenvalue weighted by Crippen LogP contribution is -2.49. The minimum atomic E-state index is 0.0178. The van der Waals surface area contributed by atoms with E-state index in [-0.39, 0.29) is 12.7 Å². The second-order valence-corrected chi connectivity index (χ2v) is 7.45. The van der Waals surface area contributed by atoms with Gasteiger partial charge in [-0.25, -0.2) is 0 Å². The highest BCUT2D eigenvalue weighted by Crippen LogP contribution is 2.36. The van der Waals surface area contributed by atoms with E-state index in [1.807, 2.05) is 36.1 Å². The van der Waals surface area contributed by atoms with Gasteiger partial charge in [0.05, 0.1) is 5.69 Å². The van der Waals surface area contributed by atoms with Gasteiger partial charge < -0.3 is 24.0 Å². The molecule has 31 heavy (non-hydrogen) atoms. The molecule has 0 N–H and O–H groups in total. The van der Waals surface area contributed by atoms with E-state index in [1.165, 1.54) is 0 Å². The Bertz CT molecular complexity index is 1080. The summed E-state index contributed by atoms with van der Waals surface area (Å²) in [5, 5.41) is 8.35. The smallest absolute Gasteiger partial charge is 0.253 e. The molecule has 8 nitrogen and oxygen atoms in total. The molecule has 5 rings (SSSR count). The minimum Gasteiger partial charge on any atom is -0.457 e. The molecular weight excluding hydrogens is 396 g/mol. The number of fused-ring (bicyclic) bond motifs is 1. The zero-order chi connectivity index (χ0) is 21.2. The maximum atomic E-state index is 12.9. The molecule has 0 saturated carbocycles. The van der Waals surface area contributed by atoms with Gasteiger partial charge >= 0.3 is 0 Å². The zero-order valence-electron chi connectivity index (χ0n) is 17.2. The lowest BCUT2D eigenvalue weighted by Gasteiger charge is -2.35. The molecule has 0 radical (unpaired) electrons. The first-order valence-electron chi connectivity index (χ1n) is 10.2. The van der Waals surface area contributed by atoms with Crippen LogP contribution in [0.2, 0.25) is 0 Å². The van der Waals surface area contributed by atoms with E-state index in [0.717, 1.165) is 24.6 Å². The van der Waals surface area contributed by atoms with Crippen LogP contribution in [0.4, 0.5) is 5.82 Å². The SMILES string of the molecule is Cc1ccc(N2CCN(C(=O)c3ccc(Oc4ccc5c(c4)OCO5)cc3)CC2)nn1. The van der Waals surface area contributed by atoms with Crippen LogP contribution < -0.4 is 19.1 Å².